The number of anilines is 2. The average Bonchev–Trinajstić information content (AvgIpc) is 2.65. The molecule has 1 fully saturated rings. The number of carbonyl (C=O) groups excluding carboxylic acids is 1. The van der Waals surface area contributed by atoms with Crippen molar-refractivity contribution in [2.45, 2.75) is 6.92 Å². The van der Waals surface area contributed by atoms with Gasteiger partial charge in [0.25, 0.3) is 5.91 Å². The number of aryl methyl sites for hydroxylation is 1. The highest BCUT2D eigenvalue weighted by Gasteiger charge is 2.11. The zero-order valence-corrected chi connectivity index (χ0v) is 14.5. The van der Waals surface area contributed by atoms with E-state index in [0.717, 1.165) is 44.2 Å². The number of pyridine rings is 1. The Bertz CT molecular complexity index is 697. The number of benzene rings is 1. The van der Waals surface area contributed by atoms with Crippen molar-refractivity contribution in [3.05, 3.63) is 53.9 Å². The van der Waals surface area contributed by atoms with Crippen LogP contribution in [0.2, 0.25) is 0 Å². The molecular weight excluding hydrogens is 316 g/mol. The van der Waals surface area contributed by atoms with Crippen molar-refractivity contribution in [1.82, 2.24) is 15.2 Å². The molecule has 0 atom stereocenters. The number of amides is 1. The summed E-state index contributed by atoms with van der Waals surface area (Å²) in [4.78, 5) is 18.8. The largest absolute Gasteiger partial charge is 0.379 e. The molecular formula is C19H24N4O2. The van der Waals surface area contributed by atoms with Gasteiger partial charge in [-0.25, -0.2) is 0 Å². The van der Waals surface area contributed by atoms with Gasteiger partial charge in [-0.3, -0.25) is 14.7 Å². The van der Waals surface area contributed by atoms with Crippen LogP contribution in [-0.2, 0) is 4.74 Å². The van der Waals surface area contributed by atoms with E-state index in [-0.39, 0.29) is 5.91 Å². The van der Waals surface area contributed by atoms with Crippen LogP contribution in [0.4, 0.5) is 11.4 Å². The summed E-state index contributed by atoms with van der Waals surface area (Å²) in [5.74, 6) is -0.152. The number of carbonyl (C=O) groups is 1. The van der Waals surface area contributed by atoms with Crippen LogP contribution in [0.5, 0.6) is 0 Å². The van der Waals surface area contributed by atoms with Gasteiger partial charge in [-0.2, -0.15) is 0 Å². The number of nitrogens with one attached hydrogen (secondary N) is 2. The molecule has 1 amide bonds. The fourth-order valence-electron chi connectivity index (χ4n) is 2.68. The molecule has 0 radical (unpaired) electrons. The van der Waals surface area contributed by atoms with Gasteiger partial charge in [-0.05, 0) is 31.2 Å². The second-order valence-corrected chi connectivity index (χ2v) is 6.13. The number of aromatic nitrogens is 1. The molecule has 0 spiro atoms. The van der Waals surface area contributed by atoms with Crippen molar-refractivity contribution >= 4 is 17.3 Å². The van der Waals surface area contributed by atoms with E-state index in [1.165, 1.54) is 5.56 Å². The summed E-state index contributed by atoms with van der Waals surface area (Å²) in [6.07, 6.45) is 1.65. The Balaban J connectivity index is 1.52. The van der Waals surface area contributed by atoms with Crippen LogP contribution in [0.1, 0.15) is 16.1 Å². The molecule has 1 aromatic heterocycles. The van der Waals surface area contributed by atoms with Crippen molar-refractivity contribution in [1.29, 1.82) is 0 Å². The average molecular weight is 340 g/mol. The van der Waals surface area contributed by atoms with Crippen LogP contribution in [0.3, 0.4) is 0 Å². The van der Waals surface area contributed by atoms with Crippen LogP contribution < -0.4 is 10.6 Å². The van der Waals surface area contributed by atoms with Crippen molar-refractivity contribution in [3.63, 3.8) is 0 Å². The fraction of sp³-hybridized carbons (Fsp3) is 0.368. The van der Waals surface area contributed by atoms with E-state index in [0.29, 0.717) is 12.2 Å². The summed E-state index contributed by atoms with van der Waals surface area (Å²) in [5.41, 5.74) is 3.45. The molecule has 132 valence electrons. The Morgan fingerprint density at radius 2 is 1.92 bits per heavy atom. The maximum atomic E-state index is 12.3. The highest BCUT2D eigenvalue weighted by atomic mass is 16.5. The van der Waals surface area contributed by atoms with E-state index < -0.39 is 0 Å². The number of ether oxygens (including phenoxy) is 1. The highest BCUT2D eigenvalue weighted by molar-refractivity contribution is 5.93. The lowest BCUT2D eigenvalue weighted by Gasteiger charge is -2.26. The van der Waals surface area contributed by atoms with Gasteiger partial charge in [0.1, 0.15) is 5.69 Å². The molecule has 0 unspecified atom stereocenters. The maximum Gasteiger partial charge on any atom is 0.269 e. The van der Waals surface area contributed by atoms with Gasteiger partial charge in [-0.1, -0.05) is 17.7 Å². The number of nitrogens with zero attached hydrogens (tertiary/aromatic N) is 2. The lowest BCUT2D eigenvalue weighted by atomic mass is 10.2. The van der Waals surface area contributed by atoms with E-state index in [1.54, 1.807) is 12.3 Å². The quantitative estimate of drug-likeness (QED) is 0.844. The monoisotopic (exact) mass is 340 g/mol. The van der Waals surface area contributed by atoms with Gasteiger partial charge >= 0.3 is 0 Å². The van der Waals surface area contributed by atoms with Crippen LogP contribution in [-0.4, -0.2) is 55.2 Å². The predicted molar refractivity (Wildman–Crippen MR) is 98.3 cm³/mol. The standard InChI is InChI=1S/C19H24N4O2/c1-15-2-4-16(5-3-15)22-17-6-7-20-18(14-17)19(24)21-8-9-23-10-12-25-13-11-23/h2-7,14H,8-13H2,1H3,(H,20,22)(H,21,24). The number of hydrogen-bond donors (Lipinski definition) is 2. The lowest BCUT2D eigenvalue weighted by Crippen LogP contribution is -2.41. The second kappa shape index (κ2) is 8.60. The van der Waals surface area contributed by atoms with E-state index in [2.05, 4.69) is 27.4 Å². The highest BCUT2D eigenvalue weighted by Crippen LogP contribution is 2.17. The van der Waals surface area contributed by atoms with Crippen LogP contribution in [0.25, 0.3) is 0 Å². The molecule has 0 bridgehead atoms. The summed E-state index contributed by atoms with van der Waals surface area (Å²) in [6.45, 7) is 6.86. The SMILES string of the molecule is Cc1ccc(Nc2ccnc(C(=O)NCCN3CCOCC3)c2)cc1. The van der Waals surface area contributed by atoms with E-state index in [1.807, 2.05) is 30.3 Å². The normalized spacial score (nSPS) is 14.9. The first-order valence-corrected chi connectivity index (χ1v) is 8.59. The fourth-order valence-corrected chi connectivity index (χ4v) is 2.68. The smallest absolute Gasteiger partial charge is 0.269 e. The molecule has 2 heterocycles. The van der Waals surface area contributed by atoms with E-state index in [4.69, 9.17) is 4.74 Å². The minimum atomic E-state index is -0.152. The van der Waals surface area contributed by atoms with Crippen molar-refractivity contribution in [2.24, 2.45) is 0 Å². The van der Waals surface area contributed by atoms with Crippen LogP contribution in [0, 0.1) is 6.92 Å². The van der Waals surface area contributed by atoms with Crippen molar-refractivity contribution in [2.75, 3.05) is 44.7 Å². The van der Waals surface area contributed by atoms with E-state index >= 15 is 0 Å². The van der Waals surface area contributed by atoms with Crippen LogP contribution >= 0.6 is 0 Å². The maximum absolute atomic E-state index is 12.3. The minimum Gasteiger partial charge on any atom is -0.379 e. The van der Waals surface area contributed by atoms with Gasteiger partial charge < -0.3 is 15.4 Å². The summed E-state index contributed by atoms with van der Waals surface area (Å²) < 4.78 is 5.32. The number of hydrogen-bond acceptors (Lipinski definition) is 5. The Kier molecular flexibility index (Phi) is 5.98. The van der Waals surface area contributed by atoms with Gasteiger partial charge in [0, 0.05) is 43.8 Å². The third kappa shape index (κ3) is 5.27. The molecule has 0 saturated carbocycles. The number of rotatable bonds is 6. The first-order valence-electron chi connectivity index (χ1n) is 8.59. The van der Waals surface area contributed by atoms with E-state index in [9.17, 15) is 4.79 Å². The van der Waals surface area contributed by atoms with Gasteiger partial charge in [0.2, 0.25) is 0 Å². The summed E-state index contributed by atoms with van der Waals surface area (Å²) in [7, 11) is 0. The molecule has 1 aliphatic rings. The first kappa shape index (κ1) is 17.4. The third-order valence-electron chi connectivity index (χ3n) is 4.15. The van der Waals surface area contributed by atoms with Gasteiger partial charge in [0.15, 0.2) is 0 Å². The molecule has 1 aliphatic heterocycles. The van der Waals surface area contributed by atoms with Gasteiger partial charge in [0.05, 0.1) is 13.2 Å². The molecule has 0 aliphatic carbocycles. The topological polar surface area (TPSA) is 66.5 Å². The zero-order valence-electron chi connectivity index (χ0n) is 14.5. The van der Waals surface area contributed by atoms with Crippen molar-refractivity contribution in [3.8, 4) is 0 Å². The number of morpholine rings is 1. The first-order chi connectivity index (χ1) is 12.2. The summed E-state index contributed by atoms with van der Waals surface area (Å²) in [6, 6.07) is 11.7. The Morgan fingerprint density at radius 1 is 1.16 bits per heavy atom. The Labute approximate surface area is 148 Å². The molecule has 6 nitrogen and oxygen atoms in total. The molecule has 2 N–H and O–H groups in total. The molecule has 6 heteroatoms. The molecule has 25 heavy (non-hydrogen) atoms. The van der Waals surface area contributed by atoms with Crippen molar-refractivity contribution < 1.29 is 9.53 Å². The predicted octanol–water partition coefficient (Wildman–Crippen LogP) is 2.20. The molecule has 1 saturated heterocycles. The molecule has 3 rings (SSSR count). The Hall–Kier alpha value is -2.44. The van der Waals surface area contributed by atoms with Gasteiger partial charge in [-0.15, -0.1) is 0 Å². The Morgan fingerprint density at radius 3 is 2.68 bits per heavy atom. The molecule has 2 aromatic rings. The third-order valence-corrected chi connectivity index (χ3v) is 4.15. The lowest BCUT2D eigenvalue weighted by molar-refractivity contribution is 0.0383. The second-order valence-electron chi connectivity index (χ2n) is 6.13. The zero-order chi connectivity index (χ0) is 17.5. The molecule has 1 aromatic carbocycles. The van der Waals surface area contributed by atoms with Crippen LogP contribution in [0.15, 0.2) is 42.6 Å². The minimum absolute atomic E-state index is 0.152. The summed E-state index contributed by atoms with van der Waals surface area (Å²) in [5, 5.41) is 6.23. The summed E-state index contributed by atoms with van der Waals surface area (Å²) >= 11 is 0.